The molecule has 8 aliphatic rings. The van der Waals surface area contributed by atoms with Crippen LogP contribution in [0, 0.1) is 46.3 Å². The third-order valence-electron chi connectivity index (χ3n) is 17.5. The summed E-state index contributed by atoms with van der Waals surface area (Å²) in [6.07, 6.45) is -15.7. The van der Waals surface area contributed by atoms with Crippen molar-refractivity contribution in [3.63, 3.8) is 0 Å². The van der Waals surface area contributed by atoms with E-state index in [1.165, 1.54) is 5.57 Å². The van der Waals surface area contributed by atoms with Crippen molar-refractivity contribution >= 4 is 0 Å². The zero-order valence-corrected chi connectivity index (χ0v) is 37.3. The Morgan fingerprint density at radius 3 is 1.89 bits per heavy atom. The summed E-state index contributed by atoms with van der Waals surface area (Å²) < 4.78 is 42.0. The number of hydrogen-bond acceptors (Lipinski definition) is 19. The number of hydrogen-bond donors (Lipinski definition) is 12. The Morgan fingerprint density at radius 2 is 1.25 bits per heavy atom. The van der Waals surface area contributed by atoms with Gasteiger partial charge in [-0.1, -0.05) is 20.8 Å². The minimum atomic E-state index is -1.76. The minimum Gasteiger partial charge on any atom is -0.494 e. The second kappa shape index (κ2) is 19.3. The van der Waals surface area contributed by atoms with Gasteiger partial charge in [0.1, 0.15) is 79.4 Å². The first-order valence-corrected chi connectivity index (χ1v) is 23.6. The summed E-state index contributed by atoms with van der Waals surface area (Å²) in [5.74, 6) is 2.27. The summed E-state index contributed by atoms with van der Waals surface area (Å²) in [4.78, 5) is 0. The molecule has 0 aromatic heterocycles. The van der Waals surface area contributed by atoms with E-state index < -0.39 is 118 Å². The van der Waals surface area contributed by atoms with Crippen LogP contribution in [0.5, 0.6) is 0 Å². The van der Waals surface area contributed by atoms with Crippen LogP contribution in [0.3, 0.4) is 0 Å². The van der Waals surface area contributed by atoms with Crippen LogP contribution in [0.1, 0.15) is 85.5 Å². The summed E-state index contributed by atoms with van der Waals surface area (Å²) >= 11 is 0. The van der Waals surface area contributed by atoms with Crippen molar-refractivity contribution in [1.82, 2.24) is 0 Å². The van der Waals surface area contributed by atoms with Crippen LogP contribution >= 0.6 is 0 Å². The van der Waals surface area contributed by atoms with E-state index >= 15 is 0 Å². The molecule has 0 spiro atoms. The average molecular weight is 919 g/mol. The van der Waals surface area contributed by atoms with Gasteiger partial charge in [-0.2, -0.15) is 0 Å². The highest BCUT2D eigenvalue weighted by Crippen LogP contribution is 2.70. The first-order chi connectivity index (χ1) is 30.4. The molecule has 6 unspecified atom stereocenters. The van der Waals surface area contributed by atoms with Crippen molar-refractivity contribution in [2.45, 2.75) is 196 Å². The lowest BCUT2D eigenvalue weighted by atomic mass is 9.44. The summed E-state index contributed by atoms with van der Waals surface area (Å²) in [6, 6.07) is 0. The van der Waals surface area contributed by atoms with Gasteiger partial charge >= 0.3 is 0 Å². The molecule has 8 rings (SSSR count). The quantitative estimate of drug-likeness (QED) is 0.0902. The largest absolute Gasteiger partial charge is 0.494 e. The number of ether oxygens (including phenoxy) is 7. The molecule has 12 N–H and O–H groups in total. The topological polar surface area (TPSA) is 307 Å². The van der Waals surface area contributed by atoms with Gasteiger partial charge in [0, 0.05) is 17.8 Å². The Morgan fingerprint density at radius 1 is 0.656 bits per heavy atom. The third-order valence-corrected chi connectivity index (χ3v) is 17.5. The molecule has 0 aromatic carbocycles. The molecule has 0 radical (unpaired) electrons. The van der Waals surface area contributed by atoms with Gasteiger partial charge in [-0.05, 0) is 98.9 Å². The molecule has 0 aromatic rings. The van der Waals surface area contributed by atoms with Gasteiger partial charge in [0.05, 0.1) is 44.4 Å². The first-order valence-electron chi connectivity index (χ1n) is 23.6. The van der Waals surface area contributed by atoms with Gasteiger partial charge in [0.25, 0.3) is 0 Å². The van der Waals surface area contributed by atoms with Crippen LogP contribution in [0.25, 0.3) is 0 Å². The molecule has 4 aliphatic carbocycles. The van der Waals surface area contributed by atoms with Crippen molar-refractivity contribution in [1.29, 1.82) is 0 Å². The Labute approximate surface area is 373 Å². The maximum Gasteiger partial charge on any atom is 0.187 e. The van der Waals surface area contributed by atoms with E-state index in [-0.39, 0.29) is 59.2 Å². The van der Waals surface area contributed by atoms with Gasteiger partial charge in [-0.3, -0.25) is 0 Å². The number of aliphatic hydroxyl groups excluding tert-OH is 12. The lowest BCUT2D eigenvalue weighted by Crippen LogP contribution is -2.65. The van der Waals surface area contributed by atoms with Crippen LogP contribution in [0.4, 0.5) is 0 Å². The number of aliphatic hydroxyl groups is 12. The lowest BCUT2D eigenvalue weighted by Gasteiger charge is -2.62. The zero-order valence-electron chi connectivity index (χ0n) is 37.3. The molecular weight excluding hydrogens is 844 g/mol. The van der Waals surface area contributed by atoms with Crippen molar-refractivity contribution in [3.05, 3.63) is 11.3 Å². The average Bonchev–Trinajstić information content (AvgIpc) is 3.77. The number of allylic oxidation sites excluding steroid dienone is 1. The molecule has 19 heteroatoms. The van der Waals surface area contributed by atoms with Crippen molar-refractivity contribution in [3.8, 4) is 0 Å². The second-order valence-corrected chi connectivity index (χ2v) is 21.0. The van der Waals surface area contributed by atoms with Crippen molar-refractivity contribution in [2.24, 2.45) is 46.3 Å². The highest BCUT2D eigenvalue weighted by molar-refractivity contribution is 5.28. The van der Waals surface area contributed by atoms with E-state index in [1.54, 1.807) is 0 Å². The molecule has 4 aliphatic heterocycles. The van der Waals surface area contributed by atoms with E-state index in [0.717, 1.165) is 37.9 Å². The fourth-order valence-corrected chi connectivity index (χ4v) is 13.6. The molecule has 0 bridgehead atoms. The Hall–Kier alpha value is -1.18. The highest BCUT2D eigenvalue weighted by Gasteiger charge is 2.68. The van der Waals surface area contributed by atoms with E-state index in [0.29, 0.717) is 31.6 Å². The molecule has 4 heterocycles. The summed E-state index contributed by atoms with van der Waals surface area (Å²) in [5.41, 5.74) is 0.741. The third kappa shape index (κ3) is 8.52. The Kier molecular flexibility index (Phi) is 14.9. The smallest absolute Gasteiger partial charge is 0.187 e. The molecule has 26 atom stereocenters. The number of rotatable bonds is 13. The van der Waals surface area contributed by atoms with Crippen LogP contribution in [-0.4, -0.2) is 198 Å². The molecule has 368 valence electrons. The summed E-state index contributed by atoms with van der Waals surface area (Å²) in [5, 5.41) is 125. The summed E-state index contributed by atoms with van der Waals surface area (Å²) in [6.45, 7) is 7.16. The predicted molar refractivity (Wildman–Crippen MR) is 219 cm³/mol. The lowest BCUT2D eigenvalue weighted by molar-refractivity contribution is -0.373. The van der Waals surface area contributed by atoms with Gasteiger partial charge in [0.2, 0.25) is 0 Å². The monoisotopic (exact) mass is 918 g/mol. The van der Waals surface area contributed by atoms with Crippen molar-refractivity contribution < 1.29 is 94.4 Å². The van der Waals surface area contributed by atoms with E-state index in [4.69, 9.17) is 33.2 Å². The SMILES string of the molecule is CC1=C(CC[C@@H](C)CO[C@@H]2O[C@H](CO)[C@@H](O)[C@H](O)[C@H]2O)OC2CC3C4CC[C@@H]5CC(O[C@@H]6O[C@H](CO)[C@H](O)[C@H](O)[C@H]6O[C@@H]6O[C@H](CO)[C@@H](O)[C@H](O)[C@H]6O)CC[C@]5(C)C4C[C@H](O)[C@]3(C)C12. The fourth-order valence-electron chi connectivity index (χ4n) is 13.6. The zero-order chi connectivity index (χ0) is 46.2. The normalized spacial score (nSPS) is 53.2. The summed E-state index contributed by atoms with van der Waals surface area (Å²) in [7, 11) is 0. The van der Waals surface area contributed by atoms with Gasteiger partial charge < -0.3 is 94.4 Å². The Balaban J connectivity index is 0.888. The van der Waals surface area contributed by atoms with Gasteiger partial charge in [0.15, 0.2) is 18.9 Å². The molecule has 4 saturated carbocycles. The molecule has 3 saturated heterocycles. The second-order valence-electron chi connectivity index (χ2n) is 21.0. The molecular formula is C45H74O19. The maximum atomic E-state index is 12.3. The van der Waals surface area contributed by atoms with Crippen LogP contribution in [-0.2, 0) is 33.2 Å². The van der Waals surface area contributed by atoms with E-state index in [1.807, 2.05) is 6.92 Å². The van der Waals surface area contributed by atoms with Gasteiger partial charge in [-0.25, -0.2) is 0 Å². The van der Waals surface area contributed by atoms with Crippen LogP contribution in [0.15, 0.2) is 11.3 Å². The highest BCUT2D eigenvalue weighted by atomic mass is 16.8. The Bertz CT molecular complexity index is 1620. The van der Waals surface area contributed by atoms with Crippen LogP contribution < -0.4 is 0 Å². The molecule has 0 amide bonds. The number of fused-ring (bicyclic) bond motifs is 7. The first kappa shape index (κ1) is 49.2. The molecule has 19 nitrogen and oxygen atoms in total. The van der Waals surface area contributed by atoms with Crippen LogP contribution in [0.2, 0.25) is 0 Å². The van der Waals surface area contributed by atoms with E-state index in [2.05, 4.69) is 20.8 Å². The standard InChI is InChI=1S/C45H74O19/c1-18(17-58-41-38(56)35(53)32(50)27(14-46)61-41)5-8-25-19(2)31-26(60-25)12-24-22-7-6-20-11-21(9-10-44(20,3)23(22)13-30(49)45(24,31)4)59-43-40(37(55)34(52)29(16-48)63-43)64-42-39(57)36(54)33(51)28(15-47)62-42/h18,20-24,26-43,46-57H,5-17H2,1-4H3/t18-,20-,21?,22?,23?,24?,26?,27-,28-,29-,30+,31?,32-,33-,34+,35+,36+,37+,38-,39-,40-,41-,42+,43-,44+,45-/m1/s1. The van der Waals surface area contributed by atoms with E-state index in [9.17, 15) is 61.3 Å². The van der Waals surface area contributed by atoms with Crippen molar-refractivity contribution in [2.75, 3.05) is 26.4 Å². The van der Waals surface area contributed by atoms with Gasteiger partial charge in [-0.15, -0.1) is 0 Å². The maximum absolute atomic E-state index is 12.3. The predicted octanol–water partition coefficient (Wildman–Crippen LogP) is -1.86. The molecule has 7 fully saturated rings. The fraction of sp³-hybridized carbons (Fsp3) is 0.956. The minimum absolute atomic E-state index is 0.0287. The molecule has 64 heavy (non-hydrogen) atoms.